The number of pyridine rings is 1. The molecule has 0 atom stereocenters. The Labute approximate surface area is 99.7 Å². The number of rotatable bonds is 1. The van der Waals surface area contributed by atoms with Crippen molar-refractivity contribution in [2.75, 3.05) is 0 Å². The van der Waals surface area contributed by atoms with Crippen molar-refractivity contribution in [3.63, 3.8) is 0 Å². The fourth-order valence-electron chi connectivity index (χ4n) is 2.06. The molecule has 3 rings (SSSR count). The molecule has 0 spiro atoms. The average Bonchev–Trinajstić information content (AvgIpc) is 2.37. The zero-order valence-electron chi connectivity index (χ0n) is 9.35. The number of nitrogens with zero attached hydrogens (tertiary/aromatic N) is 1. The van der Waals surface area contributed by atoms with Crippen molar-refractivity contribution < 1.29 is 0 Å². The van der Waals surface area contributed by atoms with Crippen LogP contribution >= 0.6 is 0 Å². The molecular formula is C16H11N. The number of hydrogen-bond donors (Lipinski definition) is 0. The van der Waals surface area contributed by atoms with E-state index in [4.69, 9.17) is 0 Å². The van der Waals surface area contributed by atoms with Crippen LogP contribution in [0, 0.1) is 0 Å². The maximum absolute atomic E-state index is 4.65. The summed E-state index contributed by atoms with van der Waals surface area (Å²) in [4.78, 5) is 4.65. The van der Waals surface area contributed by atoms with Gasteiger partial charge in [0.25, 0.3) is 0 Å². The van der Waals surface area contributed by atoms with E-state index in [1.54, 1.807) is 0 Å². The summed E-state index contributed by atoms with van der Waals surface area (Å²) < 4.78 is 0. The summed E-state index contributed by atoms with van der Waals surface area (Å²) in [5.41, 5.74) is 5.96. The Hall–Kier alpha value is -2.37. The lowest BCUT2D eigenvalue weighted by atomic mass is 10.1. The van der Waals surface area contributed by atoms with E-state index in [-0.39, 0.29) is 0 Å². The van der Waals surface area contributed by atoms with Gasteiger partial charge in [0.15, 0.2) is 0 Å². The van der Waals surface area contributed by atoms with E-state index >= 15 is 0 Å². The molecule has 0 saturated carbocycles. The zero-order chi connectivity index (χ0) is 11.7. The Bertz CT molecular complexity index is 750. The first-order valence-corrected chi connectivity index (χ1v) is 5.53. The van der Waals surface area contributed by atoms with Gasteiger partial charge in [-0.2, -0.15) is 0 Å². The van der Waals surface area contributed by atoms with E-state index in [1.165, 1.54) is 0 Å². The van der Waals surface area contributed by atoms with Gasteiger partial charge in [-0.1, -0.05) is 36.9 Å². The second kappa shape index (κ2) is 3.89. The Morgan fingerprint density at radius 3 is 2.71 bits per heavy atom. The van der Waals surface area contributed by atoms with Crippen LogP contribution in [0.5, 0.6) is 0 Å². The van der Waals surface area contributed by atoms with Crippen molar-refractivity contribution in [2.24, 2.45) is 0 Å². The normalized spacial score (nSPS) is 10.4. The van der Waals surface area contributed by atoms with Gasteiger partial charge in [0, 0.05) is 10.8 Å². The lowest BCUT2D eigenvalue weighted by molar-refractivity contribution is 1.49. The Morgan fingerprint density at radius 1 is 1.00 bits per heavy atom. The third-order valence-electron chi connectivity index (χ3n) is 2.85. The van der Waals surface area contributed by atoms with Crippen molar-refractivity contribution in [1.29, 1.82) is 0 Å². The monoisotopic (exact) mass is 217 g/mol. The molecule has 80 valence electrons. The molecule has 0 N–H and O–H groups in total. The van der Waals surface area contributed by atoms with Gasteiger partial charge in [0.2, 0.25) is 0 Å². The fraction of sp³-hybridized carbons (Fsp3) is 0. The SMILES string of the molecule is C=C=Cc1cccc2nc3ccccc3cc12. The highest BCUT2D eigenvalue weighted by atomic mass is 14.7. The second-order valence-electron chi connectivity index (χ2n) is 3.94. The van der Waals surface area contributed by atoms with Crippen molar-refractivity contribution in [2.45, 2.75) is 0 Å². The van der Waals surface area contributed by atoms with Gasteiger partial charge < -0.3 is 0 Å². The average molecular weight is 217 g/mol. The number of hydrogen-bond acceptors (Lipinski definition) is 1. The molecule has 1 heteroatoms. The lowest BCUT2D eigenvalue weighted by Crippen LogP contribution is -1.84. The molecule has 1 nitrogen and oxygen atoms in total. The van der Waals surface area contributed by atoms with Gasteiger partial charge in [0.1, 0.15) is 0 Å². The predicted octanol–water partition coefficient (Wildman–Crippen LogP) is 4.19. The molecule has 0 fully saturated rings. The van der Waals surface area contributed by atoms with Gasteiger partial charge in [-0.05, 0) is 29.8 Å². The Balaban J connectivity index is 2.47. The van der Waals surface area contributed by atoms with Gasteiger partial charge in [-0.25, -0.2) is 4.98 Å². The highest BCUT2D eigenvalue weighted by Crippen LogP contribution is 2.23. The largest absolute Gasteiger partial charge is 0.248 e. The number of para-hydroxylation sites is 1. The van der Waals surface area contributed by atoms with Crippen LogP contribution in [0.1, 0.15) is 5.56 Å². The van der Waals surface area contributed by atoms with Crippen molar-refractivity contribution in [1.82, 2.24) is 4.98 Å². The van der Waals surface area contributed by atoms with Crippen LogP contribution < -0.4 is 0 Å². The highest BCUT2D eigenvalue weighted by Gasteiger charge is 2.01. The predicted molar refractivity (Wildman–Crippen MR) is 72.9 cm³/mol. The minimum Gasteiger partial charge on any atom is -0.248 e. The summed E-state index contributed by atoms with van der Waals surface area (Å²) in [6.45, 7) is 3.62. The molecule has 3 aromatic rings. The molecule has 1 heterocycles. The molecule has 0 saturated heterocycles. The number of fused-ring (bicyclic) bond motifs is 2. The molecule has 0 aliphatic carbocycles. The van der Waals surface area contributed by atoms with Crippen LogP contribution in [0.4, 0.5) is 0 Å². The summed E-state index contributed by atoms with van der Waals surface area (Å²) in [6.07, 6.45) is 1.89. The molecular weight excluding hydrogens is 206 g/mol. The Kier molecular flexibility index (Phi) is 2.25. The zero-order valence-corrected chi connectivity index (χ0v) is 9.35. The van der Waals surface area contributed by atoms with E-state index in [1.807, 2.05) is 36.4 Å². The molecule has 0 unspecified atom stereocenters. The molecule has 0 aliphatic rings. The van der Waals surface area contributed by atoms with Crippen molar-refractivity contribution in [3.05, 3.63) is 66.4 Å². The number of aromatic nitrogens is 1. The maximum atomic E-state index is 4.65. The van der Waals surface area contributed by atoms with E-state index in [0.29, 0.717) is 0 Å². The first-order chi connectivity index (χ1) is 8.38. The fourth-order valence-corrected chi connectivity index (χ4v) is 2.06. The van der Waals surface area contributed by atoms with Gasteiger partial charge >= 0.3 is 0 Å². The number of benzene rings is 2. The van der Waals surface area contributed by atoms with Crippen LogP contribution in [0.15, 0.2) is 60.8 Å². The highest BCUT2D eigenvalue weighted by molar-refractivity contribution is 5.96. The smallest absolute Gasteiger partial charge is 0.0715 e. The summed E-state index contributed by atoms with van der Waals surface area (Å²) in [6, 6.07) is 16.4. The van der Waals surface area contributed by atoms with E-state index in [2.05, 4.69) is 35.5 Å². The maximum Gasteiger partial charge on any atom is 0.0715 e. The summed E-state index contributed by atoms with van der Waals surface area (Å²) in [7, 11) is 0. The molecule has 2 aromatic carbocycles. The Morgan fingerprint density at radius 2 is 1.82 bits per heavy atom. The van der Waals surface area contributed by atoms with Gasteiger partial charge in [-0.3, -0.25) is 0 Å². The first-order valence-electron chi connectivity index (χ1n) is 5.53. The lowest BCUT2D eigenvalue weighted by Gasteiger charge is -2.03. The standard InChI is InChI=1S/C16H11N/c1-2-6-12-8-5-10-16-14(12)11-13-7-3-4-9-15(13)17-16/h3-11H,1H2. The van der Waals surface area contributed by atoms with E-state index in [9.17, 15) is 0 Å². The minimum atomic E-state index is 1.01. The van der Waals surface area contributed by atoms with Crippen LogP contribution in [-0.4, -0.2) is 4.98 Å². The van der Waals surface area contributed by atoms with Crippen LogP contribution in [0.25, 0.3) is 27.9 Å². The summed E-state index contributed by atoms with van der Waals surface area (Å²) >= 11 is 0. The van der Waals surface area contributed by atoms with Crippen LogP contribution in [0.2, 0.25) is 0 Å². The molecule has 0 aliphatic heterocycles. The van der Waals surface area contributed by atoms with Gasteiger partial charge in [0.05, 0.1) is 11.0 Å². The first kappa shape index (κ1) is 9.83. The molecule has 0 radical (unpaired) electrons. The third kappa shape index (κ3) is 1.63. The molecule has 17 heavy (non-hydrogen) atoms. The summed E-state index contributed by atoms with van der Waals surface area (Å²) in [5, 5.41) is 2.30. The topological polar surface area (TPSA) is 12.9 Å². The van der Waals surface area contributed by atoms with E-state index in [0.717, 1.165) is 27.4 Å². The third-order valence-corrected chi connectivity index (χ3v) is 2.85. The van der Waals surface area contributed by atoms with Crippen LogP contribution in [-0.2, 0) is 0 Å². The van der Waals surface area contributed by atoms with Crippen molar-refractivity contribution >= 4 is 27.9 Å². The summed E-state index contributed by atoms with van der Waals surface area (Å²) in [5.74, 6) is 0. The second-order valence-corrected chi connectivity index (χ2v) is 3.94. The van der Waals surface area contributed by atoms with Crippen molar-refractivity contribution in [3.8, 4) is 0 Å². The van der Waals surface area contributed by atoms with Gasteiger partial charge in [-0.15, -0.1) is 5.73 Å². The molecule has 0 amide bonds. The van der Waals surface area contributed by atoms with E-state index < -0.39 is 0 Å². The quantitative estimate of drug-likeness (QED) is 0.440. The van der Waals surface area contributed by atoms with Crippen LogP contribution in [0.3, 0.4) is 0 Å². The minimum absolute atomic E-state index is 1.01. The molecule has 1 aromatic heterocycles. The molecule has 0 bridgehead atoms.